The summed E-state index contributed by atoms with van der Waals surface area (Å²) < 4.78 is 11.1. The van der Waals surface area contributed by atoms with E-state index in [4.69, 9.17) is 21.1 Å². The van der Waals surface area contributed by atoms with E-state index in [2.05, 4.69) is 9.97 Å². The number of rotatable bonds is 1. The maximum Gasteiger partial charge on any atom is 0.171 e. The van der Waals surface area contributed by atoms with Crippen LogP contribution < -0.4 is 9.47 Å². The molecule has 0 bridgehead atoms. The molecule has 0 aliphatic carbocycles. The van der Waals surface area contributed by atoms with Crippen LogP contribution in [0.25, 0.3) is 21.6 Å². The molecule has 4 nitrogen and oxygen atoms in total. The Hall–Kier alpha value is -1.85. The summed E-state index contributed by atoms with van der Waals surface area (Å²) in [7, 11) is 0. The summed E-state index contributed by atoms with van der Waals surface area (Å²) in [5.74, 6) is 2.03. The Labute approximate surface area is 124 Å². The van der Waals surface area contributed by atoms with E-state index in [1.807, 2.05) is 29.6 Å². The highest BCUT2D eigenvalue weighted by Gasteiger charge is 2.16. The van der Waals surface area contributed by atoms with Gasteiger partial charge in [0.05, 0.1) is 10.4 Å². The summed E-state index contributed by atoms with van der Waals surface area (Å²) in [6.07, 6.45) is 0. The van der Waals surface area contributed by atoms with Gasteiger partial charge in [0.2, 0.25) is 0 Å². The van der Waals surface area contributed by atoms with E-state index in [0.717, 1.165) is 15.8 Å². The van der Waals surface area contributed by atoms with E-state index in [-0.39, 0.29) is 0 Å². The number of thiophene rings is 1. The highest BCUT2D eigenvalue weighted by Crippen LogP contribution is 2.37. The third-order valence-electron chi connectivity index (χ3n) is 3.05. The van der Waals surface area contributed by atoms with Crippen molar-refractivity contribution >= 4 is 33.8 Å². The maximum atomic E-state index is 6.28. The summed E-state index contributed by atoms with van der Waals surface area (Å²) in [5.41, 5.74) is 0.762. The summed E-state index contributed by atoms with van der Waals surface area (Å²) in [5, 5.41) is 3.19. The van der Waals surface area contributed by atoms with Gasteiger partial charge in [0, 0.05) is 11.5 Å². The third kappa shape index (κ3) is 1.90. The van der Waals surface area contributed by atoms with Gasteiger partial charge in [-0.3, -0.25) is 0 Å². The minimum Gasteiger partial charge on any atom is -0.486 e. The van der Waals surface area contributed by atoms with Crippen LogP contribution in [0.4, 0.5) is 0 Å². The number of aromatic nitrogens is 2. The Kier molecular flexibility index (Phi) is 2.75. The van der Waals surface area contributed by atoms with Gasteiger partial charge in [-0.2, -0.15) is 0 Å². The van der Waals surface area contributed by atoms with Crippen LogP contribution in [0.2, 0.25) is 5.15 Å². The van der Waals surface area contributed by atoms with Crippen molar-refractivity contribution in [3.63, 3.8) is 0 Å². The van der Waals surface area contributed by atoms with Crippen molar-refractivity contribution in [2.45, 2.75) is 0 Å². The second-order valence-electron chi connectivity index (χ2n) is 4.33. The predicted molar refractivity (Wildman–Crippen MR) is 78.9 cm³/mol. The Morgan fingerprint density at radius 2 is 1.90 bits per heavy atom. The quantitative estimate of drug-likeness (QED) is 0.642. The van der Waals surface area contributed by atoms with Crippen molar-refractivity contribution in [3.8, 4) is 22.2 Å². The first-order valence-electron chi connectivity index (χ1n) is 6.12. The molecule has 1 aliphatic rings. The van der Waals surface area contributed by atoms with Crippen molar-refractivity contribution in [2.75, 3.05) is 13.2 Å². The van der Waals surface area contributed by atoms with Crippen LogP contribution in [0.1, 0.15) is 0 Å². The van der Waals surface area contributed by atoms with E-state index in [0.29, 0.717) is 35.7 Å². The molecule has 0 fully saturated rings. The summed E-state index contributed by atoms with van der Waals surface area (Å²) in [4.78, 5) is 9.92. The van der Waals surface area contributed by atoms with Crippen molar-refractivity contribution in [3.05, 3.63) is 34.8 Å². The van der Waals surface area contributed by atoms with Gasteiger partial charge in [-0.15, -0.1) is 11.3 Å². The smallest absolute Gasteiger partial charge is 0.171 e. The molecule has 2 aromatic heterocycles. The van der Waals surface area contributed by atoms with Crippen LogP contribution in [0.3, 0.4) is 0 Å². The molecule has 0 N–H and O–H groups in total. The fraction of sp³-hybridized carbons (Fsp3) is 0.143. The monoisotopic (exact) mass is 304 g/mol. The van der Waals surface area contributed by atoms with Gasteiger partial charge in [-0.25, -0.2) is 9.97 Å². The SMILES string of the molecule is Clc1nc(-c2cccs2)nc2cc3c(cc12)OCCO3. The zero-order valence-corrected chi connectivity index (χ0v) is 11.9. The predicted octanol–water partition coefficient (Wildman–Crippen LogP) is 3.78. The number of hydrogen-bond acceptors (Lipinski definition) is 5. The molecule has 0 amide bonds. The van der Waals surface area contributed by atoms with Crippen LogP contribution in [0.15, 0.2) is 29.6 Å². The molecule has 20 heavy (non-hydrogen) atoms. The number of hydrogen-bond donors (Lipinski definition) is 0. The fourth-order valence-electron chi connectivity index (χ4n) is 2.14. The molecular weight excluding hydrogens is 296 g/mol. The maximum absolute atomic E-state index is 6.28. The largest absolute Gasteiger partial charge is 0.486 e. The number of halogens is 1. The zero-order chi connectivity index (χ0) is 13.5. The van der Waals surface area contributed by atoms with Crippen molar-refractivity contribution in [1.29, 1.82) is 0 Å². The minimum atomic E-state index is 0.426. The molecular formula is C14H9ClN2O2S. The van der Waals surface area contributed by atoms with Gasteiger partial charge in [0.1, 0.15) is 18.4 Å². The first kappa shape index (κ1) is 11.9. The van der Waals surface area contributed by atoms with Crippen LogP contribution in [-0.2, 0) is 0 Å². The second kappa shape index (κ2) is 4.61. The van der Waals surface area contributed by atoms with E-state index in [9.17, 15) is 0 Å². The summed E-state index contributed by atoms with van der Waals surface area (Å²) in [6, 6.07) is 7.63. The van der Waals surface area contributed by atoms with Crippen LogP contribution in [-0.4, -0.2) is 23.2 Å². The highest BCUT2D eigenvalue weighted by molar-refractivity contribution is 7.13. The molecule has 3 aromatic rings. The van der Waals surface area contributed by atoms with Crippen molar-refractivity contribution in [2.24, 2.45) is 0 Å². The first-order chi connectivity index (χ1) is 9.81. The van der Waals surface area contributed by atoms with Gasteiger partial charge >= 0.3 is 0 Å². The number of fused-ring (bicyclic) bond motifs is 2. The van der Waals surface area contributed by atoms with Gasteiger partial charge in [-0.1, -0.05) is 17.7 Å². The lowest BCUT2D eigenvalue weighted by Crippen LogP contribution is -2.15. The molecule has 100 valence electrons. The molecule has 1 aromatic carbocycles. The van der Waals surface area contributed by atoms with Crippen LogP contribution in [0.5, 0.6) is 11.5 Å². The molecule has 4 rings (SSSR count). The lowest BCUT2D eigenvalue weighted by Gasteiger charge is -2.18. The lowest BCUT2D eigenvalue weighted by atomic mass is 10.2. The van der Waals surface area contributed by atoms with Gasteiger partial charge in [0.25, 0.3) is 0 Å². The normalized spacial score (nSPS) is 13.7. The molecule has 0 saturated carbocycles. The number of benzene rings is 1. The van der Waals surface area contributed by atoms with Crippen molar-refractivity contribution < 1.29 is 9.47 Å². The topological polar surface area (TPSA) is 44.2 Å². The first-order valence-corrected chi connectivity index (χ1v) is 7.38. The Bertz CT molecular complexity index is 789. The number of ether oxygens (including phenoxy) is 2. The third-order valence-corrected chi connectivity index (χ3v) is 4.21. The zero-order valence-electron chi connectivity index (χ0n) is 10.3. The Balaban J connectivity index is 1.95. The van der Waals surface area contributed by atoms with Crippen LogP contribution in [0, 0.1) is 0 Å². The molecule has 0 atom stereocenters. The molecule has 0 spiro atoms. The summed E-state index contributed by atoms with van der Waals surface area (Å²) >= 11 is 7.86. The Morgan fingerprint density at radius 3 is 2.65 bits per heavy atom. The molecule has 3 heterocycles. The van der Waals surface area contributed by atoms with Gasteiger partial charge < -0.3 is 9.47 Å². The fourth-order valence-corrected chi connectivity index (χ4v) is 3.03. The Morgan fingerprint density at radius 1 is 1.10 bits per heavy atom. The minimum absolute atomic E-state index is 0.426. The summed E-state index contributed by atoms with van der Waals surface area (Å²) in [6.45, 7) is 1.10. The van der Waals surface area contributed by atoms with E-state index < -0.39 is 0 Å². The van der Waals surface area contributed by atoms with Gasteiger partial charge in [-0.05, 0) is 17.5 Å². The van der Waals surface area contributed by atoms with Gasteiger partial charge in [0.15, 0.2) is 17.3 Å². The average Bonchev–Trinajstić information content (AvgIpc) is 2.99. The molecule has 0 unspecified atom stereocenters. The number of nitrogens with zero attached hydrogens (tertiary/aromatic N) is 2. The molecule has 0 saturated heterocycles. The highest BCUT2D eigenvalue weighted by atomic mass is 35.5. The van der Waals surface area contributed by atoms with E-state index in [1.165, 1.54) is 0 Å². The average molecular weight is 305 g/mol. The second-order valence-corrected chi connectivity index (χ2v) is 5.63. The molecule has 0 radical (unpaired) electrons. The molecule has 6 heteroatoms. The van der Waals surface area contributed by atoms with E-state index in [1.54, 1.807) is 11.3 Å². The van der Waals surface area contributed by atoms with Crippen LogP contribution >= 0.6 is 22.9 Å². The van der Waals surface area contributed by atoms with Crippen molar-refractivity contribution in [1.82, 2.24) is 9.97 Å². The standard InChI is InChI=1S/C14H9ClN2O2S/c15-13-8-6-10-11(19-4-3-18-10)7-9(8)16-14(17-13)12-2-1-5-20-12/h1-2,5-7H,3-4H2. The van der Waals surface area contributed by atoms with E-state index >= 15 is 0 Å². The lowest BCUT2D eigenvalue weighted by molar-refractivity contribution is 0.172. The molecule has 1 aliphatic heterocycles.